The third-order valence-corrected chi connectivity index (χ3v) is 6.22. The molecule has 1 aromatic heterocycles. The van der Waals surface area contributed by atoms with Crippen LogP contribution in [0.1, 0.15) is 12.0 Å². The Balaban J connectivity index is 1.52. The summed E-state index contributed by atoms with van der Waals surface area (Å²) in [5.74, 6) is 0.416. The van der Waals surface area contributed by atoms with E-state index in [2.05, 4.69) is 15.5 Å². The molecule has 24 heavy (non-hydrogen) atoms. The fourth-order valence-electron chi connectivity index (χ4n) is 2.39. The van der Waals surface area contributed by atoms with Gasteiger partial charge in [0.15, 0.2) is 9.84 Å². The molecule has 0 saturated carbocycles. The van der Waals surface area contributed by atoms with Gasteiger partial charge < -0.3 is 9.73 Å². The number of carbonyl (C=O) groups is 1. The standard InChI is InChI=1S/C15H17N3O4S2/c1-10-2-4-11(5-3-10)14-17-18-15(22-14)23-8-13(19)16-12-6-7-24(20,21)9-12/h2-5,12H,6-9H2,1H3,(H,16,19)/t12-/m0/s1. The first kappa shape index (κ1) is 17.0. The molecule has 3 rings (SSSR count). The Hall–Kier alpha value is -1.87. The number of carbonyl (C=O) groups excluding carboxylic acids is 1. The highest BCUT2D eigenvalue weighted by Crippen LogP contribution is 2.23. The molecule has 1 amide bonds. The van der Waals surface area contributed by atoms with Crippen molar-refractivity contribution >= 4 is 27.5 Å². The van der Waals surface area contributed by atoms with Crippen molar-refractivity contribution in [1.82, 2.24) is 15.5 Å². The van der Waals surface area contributed by atoms with E-state index in [4.69, 9.17) is 4.42 Å². The molecule has 1 saturated heterocycles. The number of sulfone groups is 1. The molecule has 1 aliphatic rings. The fourth-order valence-corrected chi connectivity index (χ4v) is 4.63. The van der Waals surface area contributed by atoms with Crippen LogP contribution in [0.2, 0.25) is 0 Å². The van der Waals surface area contributed by atoms with Gasteiger partial charge in [-0.2, -0.15) is 0 Å². The second-order valence-corrected chi connectivity index (χ2v) is 8.85. The van der Waals surface area contributed by atoms with E-state index < -0.39 is 9.84 Å². The number of benzene rings is 1. The van der Waals surface area contributed by atoms with Gasteiger partial charge in [0.25, 0.3) is 5.22 Å². The molecule has 1 N–H and O–H groups in total. The minimum atomic E-state index is -3.00. The molecule has 1 aliphatic heterocycles. The van der Waals surface area contributed by atoms with E-state index in [1.807, 2.05) is 31.2 Å². The van der Waals surface area contributed by atoms with Crippen molar-refractivity contribution < 1.29 is 17.6 Å². The second kappa shape index (κ2) is 6.94. The molecule has 0 unspecified atom stereocenters. The molecule has 128 valence electrons. The SMILES string of the molecule is Cc1ccc(-c2nnc(SCC(=O)N[C@H]3CCS(=O)(=O)C3)o2)cc1. The van der Waals surface area contributed by atoms with Crippen molar-refractivity contribution in [2.75, 3.05) is 17.3 Å². The normalized spacial score (nSPS) is 19.3. The smallest absolute Gasteiger partial charge is 0.277 e. The minimum absolute atomic E-state index is 0.0154. The van der Waals surface area contributed by atoms with Gasteiger partial charge in [-0.1, -0.05) is 29.5 Å². The number of hydrogen-bond acceptors (Lipinski definition) is 7. The van der Waals surface area contributed by atoms with Gasteiger partial charge in [0.2, 0.25) is 11.8 Å². The molecule has 0 aliphatic carbocycles. The summed E-state index contributed by atoms with van der Waals surface area (Å²) in [4.78, 5) is 11.9. The summed E-state index contributed by atoms with van der Waals surface area (Å²) in [5.41, 5.74) is 1.96. The lowest BCUT2D eigenvalue weighted by molar-refractivity contribution is -0.119. The maximum atomic E-state index is 11.9. The van der Waals surface area contributed by atoms with E-state index >= 15 is 0 Å². The zero-order valence-corrected chi connectivity index (χ0v) is 14.7. The third-order valence-electron chi connectivity index (χ3n) is 3.63. The molecule has 0 spiro atoms. The van der Waals surface area contributed by atoms with Crippen LogP contribution >= 0.6 is 11.8 Å². The van der Waals surface area contributed by atoms with Crippen molar-refractivity contribution in [1.29, 1.82) is 0 Å². The number of aromatic nitrogens is 2. The Labute approximate surface area is 144 Å². The average molecular weight is 367 g/mol. The van der Waals surface area contributed by atoms with Gasteiger partial charge in [0, 0.05) is 11.6 Å². The van der Waals surface area contributed by atoms with E-state index in [0.29, 0.717) is 17.5 Å². The number of amides is 1. The summed E-state index contributed by atoms with van der Waals surface area (Å²) >= 11 is 1.13. The van der Waals surface area contributed by atoms with Crippen LogP contribution in [0, 0.1) is 6.92 Å². The van der Waals surface area contributed by atoms with Gasteiger partial charge in [0.1, 0.15) is 0 Å². The molecular weight excluding hydrogens is 350 g/mol. The molecule has 2 heterocycles. The van der Waals surface area contributed by atoms with Gasteiger partial charge in [-0.3, -0.25) is 4.79 Å². The van der Waals surface area contributed by atoms with E-state index in [9.17, 15) is 13.2 Å². The Morgan fingerprint density at radius 3 is 2.75 bits per heavy atom. The van der Waals surface area contributed by atoms with E-state index in [1.165, 1.54) is 0 Å². The van der Waals surface area contributed by atoms with Crippen molar-refractivity contribution in [2.24, 2.45) is 0 Å². The first-order valence-corrected chi connectivity index (χ1v) is 10.3. The minimum Gasteiger partial charge on any atom is -0.411 e. The van der Waals surface area contributed by atoms with Gasteiger partial charge in [-0.15, -0.1) is 10.2 Å². The Morgan fingerprint density at radius 2 is 2.08 bits per heavy atom. The summed E-state index contributed by atoms with van der Waals surface area (Å²) in [6, 6.07) is 7.40. The van der Waals surface area contributed by atoms with Crippen molar-refractivity contribution in [2.45, 2.75) is 24.6 Å². The summed E-state index contributed by atoms with van der Waals surface area (Å²) in [6.45, 7) is 1.99. The van der Waals surface area contributed by atoms with Crippen molar-refractivity contribution in [3.05, 3.63) is 29.8 Å². The van der Waals surface area contributed by atoms with Crippen LogP contribution in [0.15, 0.2) is 33.9 Å². The predicted molar refractivity (Wildman–Crippen MR) is 90.4 cm³/mol. The number of nitrogens with one attached hydrogen (secondary N) is 1. The topological polar surface area (TPSA) is 102 Å². The fraction of sp³-hybridized carbons (Fsp3) is 0.400. The summed E-state index contributed by atoms with van der Waals surface area (Å²) in [6.07, 6.45) is 0.469. The quantitative estimate of drug-likeness (QED) is 0.798. The summed E-state index contributed by atoms with van der Waals surface area (Å²) < 4.78 is 28.3. The maximum Gasteiger partial charge on any atom is 0.277 e. The average Bonchev–Trinajstić information content (AvgIpc) is 3.12. The van der Waals surface area contributed by atoms with Crippen LogP contribution in [0.3, 0.4) is 0 Å². The van der Waals surface area contributed by atoms with Crippen LogP contribution in [-0.4, -0.2) is 47.8 Å². The molecule has 0 bridgehead atoms. The molecule has 7 nitrogen and oxygen atoms in total. The lowest BCUT2D eigenvalue weighted by Gasteiger charge is -2.09. The van der Waals surface area contributed by atoms with Crippen LogP contribution in [0.25, 0.3) is 11.5 Å². The van der Waals surface area contributed by atoms with Crippen molar-refractivity contribution in [3.8, 4) is 11.5 Å². The number of thioether (sulfide) groups is 1. The van der Waals surface area contributed by atoms with Crippen molar-refractivity contribution in [3.63, 3.8) is 0 Å². The number of rotatable bonds is 5. The van der Waals surface area contributed by atoms with Crippen LogP contribution in [0.4, 0.5) is 0 Å². The molecular formula is C15H17N3O4S2. The second-order valence-electron chi connectivity index (χ2n) is 5.70. The van der Waals surface area contributed by atoms with Gasteiger partial charge >= 0.3 is 0 Å². The zero-order chi connectivity index (χ0) is 17.2. The number of aryl methyl sites for hydroxylation is 1. The Bertz CT molecular complexity index is 831. The highest BCUT2D eigenvalue weighted by Gasteiger charge is 2.28. The molecule has 0 radical (unpaired) electrons. The molecule has 2 aromatic rings. The third kappa shape index (κ3) is 4.35. The highest BCUT2D eigenvalue weighted by atomic mass is 32.2. The van der Waals surface area contributed by atoms with Gasteiger partial charge in [-0.25, -0.2) is 8.42 Å². The Morgan fingerprint density at radius 1 is 1.33 bits per heavy atom. The number of nitrogens with zero attached hydrogens (tertiary/aromatic N) is 2. The first-order chi connectivity index (χ1) is 11.4. The summed E-state index contributed by atoms with van der Waals surface area (Å²) in [7, 11) is -3.00. The largest absolute Gasteiger partial charge is 0.411 e. The monoisotopic (exact) mass is 367 g/mol. The molecule has 1 atom stereocenters. The number of hydrogen-bond donors (Lipinski definition) is 1. The molecule has 9 heteroatoms. The van der Waals surface area contributed by atoms with E-state index in [-0.39, 0.29) is 29.2 Å². The van der Waals surface area contributed by atoms with Gasteiger partial charge in [0.05, 0.1) is 17.3 Å². The lowest BCUT2D eigenvalue weighted by atomic mass is 10.1. The molecule has 1 aromatic carbocycles. The van der Waals surface area contributed by atoms with Crippen LogP contribution < -0.4 is 5.32 Å². The van der Waals surface area contributed by atoms with Crippen LogP contribution in [-0.2, 0) is 14.6 Å². The lowest BCUT2D eigenvalue weighted by Crippen LogP contribution is -2.36. The van der Waals surface area contributed by atoms with Crippen LogP contribution in [0.5, 0.6) is 0 Å². The highest BCUT2D eigenvalue weighted by molar-refractivity contribution is 7.99. The zero-order valence-electron chi connectivity index (χ0n) is 13.1. The van der Waals surface area contributed by atoms with E-state index in [0.717, 1.165) is 22.9 Å². The first-order valence-electron chi connectivity index (χ1n) is 7.44. The maximum absolute atomic E-state index is 11.9. The molecule has 1 fully saturated rings. The van der Waals surface area contributed by atoms with E-state index in [1.54, 1.807) is 0 Å². The Kier molecular flexibility index (Phi) is 4.91. The van der Waals surface area contributed by atoms with Gasteiger partial charge in [-0.05, 0) is 25.5 Å². The summed E-state index contributed by atoms with van der Waals surface area (Å²) in [5, 5.41) is 10.9. The predicted octanol–water partition coefficient (Wildman–Crippen LogP) is 1.44.